The Morgan fingerprint density at radius 3 is 0.938 bits per heavy atom. The van der Waals surface area contributed by atoms with E-state index in [-0.39, 0.29) is 0 Å². The van der Waals surface area contributed by atoms with E-state index in [9.17, 15) is 70.2 Å². The Bertz CT molecular complexity index is 1030. The number of aliphatic carboxylic acids is 2. The Hall–Kier alpha value is -4.56. The van der Waals surface area contributed by atoms with Crippen molar-refractivity contribution in [2.24, 2.45) is 0 Å². The molecule has 0 saturated carbocycles. The molecule has 0 fully saturated rings. The van der Waals surface area contributed by atoms with Crippen molar-refractivity contribution in [2.45, 2.75) is 11.2 Å². The van der Waals surface area contributed by atoms with Crippen molar-refractivity contribution in [3.8, 4) is 34.5 Å². The van der Waals surface area contributed by atoms with Gasteiger partial charge in [-0.3, -0.25) is 9.59 Å². The lowest BCUT2D eigenvalue weighted by Gasteiger charge is -2.34. The van der Waals surface area contributed by atoms with Gasteiger partial charge in [-0.25, -0.2) is 9.59 Å². The minimum atomic E-state index is -4.52. The van der Waals surface area contributed by atoms with Crippen LogP contribution in [0.4, 0.5) is 0 Å². The number of carboxylic acids is 2. The number of phenolic OH excluding ortho intramolecular Hbond substituents is 6. The maximum atomic E-state index is 12.7. The van der Waals surface area contributed by atoms with Gasteiger partial charge in [0.05, 0.1) is 0 Å². The third-order valence-corrected chi connectivity index (χ3v) is 4.46. The molecule has 2 rings (SSSR count). The lowest BCUT2D eigenvalue weighted by atomic mass is 9.73. The average Bonchev–Trinajstić information content (AvgIpc) is 2.72. The summed E-state index contributed by atoms with van der Waals surface area (Å²) in [6.45, 7) is 0. The van der Waals surface area contributed by atoms with Crippen LogP contribution >= 0.6 is 0 Å². The van der Waals surface area contributed by atoms with Crippen LogP contribution in [0, 0.1) is 0 Å². The number of ketones is 2. The maximum Gasteiger partial charge on any atom is 0.348 e. The minimum absolute atomic E-state index is 0.302. The molecule has 0 aliphatic carbocycles. The summed E-state index contributed by atoms with van der Waals surface area (Å²) < 4.78 is 0. The van der Waals surface area contributed by atoms with E-state index >= 15 is 0 Å². The van der Waals surface area contributed by atoms with Crippen LogP contribution in [0.1, 0.15) is 20.7 Å². The van der Waals surface area contributed by atoms with Crippen LogP contribution in [0.15, 0.2) is 24.3 Å². The van der Waals surface area contributed by atoms with Crippen LogP contribution in [0.5, 0.6) is 34.5 Å². The highest BCUT2D eigenvalue weighted by molar-refractivity contribution is 6.28. The van der Waals surface area contributed by atoms with Crippen molar-refractivity contribution in [2.75, 3.05) is 0 Å². The molecule has 14 heteroatoms. The number of carbonyl (C=O) groups excluding carboxylic acids is 2. The van der Waals surface area contributed by atoms with E-state index in [0.717, 1.165) is 0 Å². The molecule has 0 radical (unpaired) electrons. The zero-order valence-corrected chi connectivity index (χ0v) is 15.4. The highest BCUT2D eigenvalue weighted by Gasteiger charge is 2.70. The molecule has 10 N–H and O–H groups in total. The second kappa shape index (κ2) is 7.60. The van der Waals surface area contributed by atoms with E-state index in [2.05, 4.69) is 0 Å². The fourth-order valence-electron chi connectivity index (χ4n) is 2.72. The molecule has 170 valence electrons. The standard InChI is InChI=1S/C18H14O14/c19-7-1-5(2-8(20)11(7)23)13(25)17(31,15(27)28)18(32,16(29)30)14(26)6-3-9(21)12(24)10(22)4-6/h1-4,19-24,31-32H,(H,27,28)(H,29,30)/t17-,18-/m0/s1. The molecule has 32 heavy (non-hydrogen) atoms. The Labute approximate surface area is 175 Å². The van der Waals surface area contributed by atoms with Crippen LogP contribution in [0.3, 0.4) is 0 Å². The van der Waals surface area contributed by atoms with E-state index in [4.69, 9.17) is 0 Å². The third-order valence-electron chi connectivity index (χ3n) is 4.46. The van der Waals surface area contributed by atoms with Gasteiger partial charge >= 0.3 is 11.9 Å². The summed E-state index contributed by atoms with van der Waals surface area (Å²) >= 11 is 0. The van der Waals surface area contributed by atoms with Gasteiger partial charge in [-0.1, -0.05) is 0 Å². The van der Waals surface area contributed by atoms with Crippen molar-refractivity contribution in [3.63, 3.8) is 0 Å². The summed E-state index contributed by atoms with van der Waals surface area (Å²) in [6, 6.07) is 1.21. The van der Waals surface area contributed by atoms with Crippen LogP contribution in [-0.2, 0) is 9.59 Å². The molecule has 0 bridgehead atoms. The van der Waals surface area contributed by atoms with Crippen molar-refractivity contribution >= 4 is 23.5 Å². The second-order valence-corrected chi connectivity index (χ2v) is 6.42. The number of carboxylic acid groups (broad SMARTS) is 2. The molecule has 0 amide bonds. The van der Waals surface area contributed by atoms with Gasteiger partial charge in [0.1, 0.15) is 0 Å². The quantitative estimate of drug-likeness (QED) is 0.131. The normalized spacial score (nSPS) is 14.7. The molecule has 0 aliphatic heterocycles. The second-order valence-electron chi connectivity index (χ2n) is 6.42. The molecule has 0 aromatic heterocycles. The van der Waals surface area contributed by atoms with E-state index < -0.39 is 80.3 Å². The summed E-state index contributed by atoms with van der Waals surface area (Å²) in [7, 11) is 0. The van der Waals surface area contributed by atoms with E-state index in [1.807, 2.05) is 0 Å². The fraction of sp³-hybridized carbons (Fsp3) is 0.111. The van der Waals surface area contributed by atoms with Gasteiger partial charge in [0, 0.05) is 11.1 Å². The number of hydrogen-bond donors (Lipinski definition) is 10. The van der Waals surface area contributed by atoms with Gasteiger partial charge in [0.25, 0.3) is 11.2 Å². The highest BCUT2D eigenvalue weighted by atomic mass is 16.5. The van der Waals surface area contributed by atoms with E-state index in [1.165, 1.54) is 0 Å². The first-order valence-electron chi connectivity index (χ1n) is 8.11. The van der Waals surface area contributed by atoms with Crippen molar-refractivity contribution in [1.82, 2.24) is 0 Å². The Balaban J connectivity index is 2.81. The summed E-state index contributed by atoms with van der Waals surface area (Å²) in [6.07, 6.45) is 0. The number of rotatable bonds is 7. The van der Waals surface area contributed by atoms with Gasteiger partial charge in [-0.05, 0) is 24.3 Å². The van der Waals surface area contributed by atoms with E-state index in [0.29, 0.717) is 24.3 Å². The van der Waals surface area contributed by atoms with Gasteiger partial charge in [0.2, 0.25) is 11.6 Å². The number of Topliss-reactive ketones (excluding diaryl/α,β-unsaturated/α-hetero) is 2. The lowest BCUT2D eigenvalue weighted by Crippen LogP contribution is -2.71. The van der Waals surface area contributed by atoms with Gasteiger partial charge < -0.3 is 51.1 Å². The fourth-order valence-corrected chi connectivity index (χ4v) is 2.72. The summed E-state index contributed by atoms with van der Waals surface area (Å²) in [5, 5.41) is 96.7. The first-order chi connectivity index (χ1) is 14.6. The zero-order chi connectivity index (χ0) is 24.8. The first-order valence-corrected chi connectivity index (χ1v) is 8.11. The summed E-state index contributed by atoms with van der Waals surface area (Å²) in [4.78, 5) is 49.1. The predicted molar refractivity (Wildman–Crippen MR) is 96.7 cm³/mol. The number of aliphatic hydroxyl groups is 2. The maximum absolute atomic E-state index is 12.7. The van der Waals surface area contributed by atoms with Gasteiger partial charge in [0.15, 0.2) is 34.5 Å². The first kappa shape index (κ1) is 23.7. The van der Waals surface area contributed by atoms with E-state index in [1.54, 1.807) is 0 Å². The molecule has 0 spiro atoms. The molecule has 14 nitrogen and oxygen atoms in total. The number of benzene rings is 2. The van der Waals surface area contributed by atoms with Gasteiger partial charge in [-0.2, -0.15) is 0 Å². The molecular weight excluding hydrogens is 440 g/mol. The van der Waals surface area contributed by atoms with Crippen LogP contribution in [0.25, 0.3) is 0 Å². The molecule has 2 atom stereocenters. The largest absolute Gasteiger partial charge is 0.504 e. The molecule has 0 heterocycles. The molecule has 0 unspecified atom stereocenters. The average molecular weight is 454 g/mol. The predicted octanol–water partition coefficient (Wildman–Crippen LogP) is -1.38. The zero-order valence-electron chi connectivity index (χ0n) is 15.4. The summed E-state index contributed by atoms with van der Waals surface area (Å²) in [5.41, 5.74) is -11.3. The van der Waals surface area contributed by atoms with Crippen molar-refractivity contribution in [1.29, 1.82) is 0 Å². The topological polar surface area (TPSA) is 271 Å². The van der Waals surface area contributed by atoms with Gasteiger partial charge in [-0.15, -0.1) is 0 Å². The number of aromatic hydroxyl groups is 6. The molecule has 0 aliphatic rings. The SMILES string of the molecule is O=C(O)[C@@](O)(C(=O)c1cc(O)c(O)c(O)c1)[C@@](O)(C(=O)O)C(=O)c1cc(O)c(O)c(O)c1. The van der Waals surface area contributed by atoms with Crippen LogP contribution < -0.4 is 0 Å². The van der Waals surface area contributed by atoms with Crippen LogP contribution in [-0.4, -0.2) is 85.8 Å². The number of hydrogen-bond acceptors (Lipinski definition) is 12. The Morgan fingerprint density at radius 1 is 0.531 bits per heavy atom. The summed E-state index contributed by atoms with van der Waals surface area (Å²) in [5.74, 6) is -17.1. The Kier molecular flexibility index (Phi) is 5.64. The lowest BCUT2D eigenvalue weighted by molar-refractivity contribution is -0.187. The monoisotopic (exact) mass is 454 g/mol. The molecular formula is C18H14O14. The molecule has 2 aromatic rings. The number of carbonyl (C=O) groups is 4. The highest BCUT2D eigenvalue weighted by Crippen LogP contribution is 2.40. The minimum Gasteiger partial charge on any atom is -0.504 e. The number of phenols is 6. The van der Waals surface area contributed by atoms with Crippen molar-refractivity contribution in [3.05, 3.63) is 35.4 Å². The van der Waals surface area contributed by atoms with Crippen LogP contribution in [0.2, 0.25) is 0 Å². The smallest absolute Gasteiger partial charge is 0.348 e. The molecule has 0 saturated heterocycles. The van der Waals surface area contributed by atoms with Crippen molar-refractivity contribution < 1.29 is 70.2 Å². The molecule has 2 aromatic carbocycles. The Morgan fingerprint density at radius 2 is 0.750 bits per heavy atom. The third kappa shape index (κ3) is 3.24.